The summed E-state index contributed by atoms with van der Waals surface area (Å²) in [6, 6.07) is 6.61. The second kappa shape index (κ2) is 7.02. The van der Waals surface area contributed by atoms with E-state index in [1.54, 1.807) is 12.4 Å². The van der Waals surface area contributed by atoms with Gasteiger partial charge in [-0.2, -0.15) is 23.4 Å². The Hall–Kier alpha value is -1.93. The summed E-state index contributed by atoms with van der Waals surface area (Å²) in [4.78, 5) is 0. The van der Waals surface area contributed by atoms with Crippen molar-refractivity contribution in [2.24, 2.45) is 0 Å². The lowest BCUT2D eigenvalue weighted by molar-refractivity contribution is -0.137. The Kier molecular flexibility index (Phi) is 5.66. The first-order chi connectivity index (χ1) is 9.30. The third-order valence-corrected chi connectivity index (χ3v) is 2.21. The molecule has 0 fully saturated rings. The van der Waals surface area contributed by atoms with Gasteiger partial charge in [-0.3, -0.25) is 0 Å². The van der Waals surface area contributed by atoms with Crippen molar-refractivity contribution in [2.45, 2.75) is 13.1 Å². The molecule has 0 amide bonds. The van der Waals surface area contributed by atoms with Crippen LogP contribution in [0.1, 0.15) is 11.1 Å². The molecule has 1 aromatic carbocycles. The number of rotatable bonds is 1. The molecule has 2 N–H and O–H groups in total. The highest BCUT2D eigenvalue weighted by Gasteiger charge is 2.31. The molecule has 1 aromatic heterocycles. The predicted molar refractivity (Wildman–Crippen MR) is 68.0 cm³/mol. The number of alkyl halides is 3. The van der Waals surface area contributed by atoms with Gasteiger partial charge in [0.15, 0.2) is 0 Å². The Balaban J connectivity index is 0.000000276. The van der Waals surface area contributed by atoms with E-state index in [0.29, 0.717) is 5.56 Å². The summed E-state index contributed by atoms with van der Waals surface area (Å²) in [6.07, 6.45) is -1.18. The minimum absolute atomic E-state index is 0.155. The Morgan fingerprint density at radius 2 is 1.55 bits per heavy atom. The fourth-order valence-corrected chi connectivity index (χ4v) is 1.38. The molecule has 0 spiro atoms. The molecule has 0 saturated carbocycles. The highest BCUT2D eigenvalue weighted by molar-refractivity contribution is 6.58. The second-order valence-electron chi connectivity index (χ2n) is 3.92. The van der Waals surface area contributed by atoms with Crippen molar-refractivity contribution in [3.63, 3.8) is 0 Å². The van der Waals surface area contributed by atoms with E-state index in [-0.39, 0.29) is 5.46 Å². The first kappa shape index (κ1) is 16.1. The normalized spacial score (nSPS) is 10.5. The highest BCUT2D eigenvalue weighted by atomic mass is 19.4. The van der Waals surface area contributed by atoms with Crippen molar-refractivity contribution in [1.82, 2.24) is 10.2 Å². The number of nitrogens with zero attached hydrogens (tertiary/aromatic N) is 2. The van der Waals surface area contributed by atoms with Crippen LogP contribution in [-0.2, 0) is 6.18 Å². The third kappa shape index (κ3) is 5.37. The van der Waals surface area contributed by atoms with Gasteiger partial charge in [-0.15, -0.1) is 0 Å². The van der Waals surface area contributed by atoms with Gasteiger partial charge in [0.1, 0.15) is 0 Å². The summed E-state index contributed by atoms with van der Waals surface area (Å²) in [7, 11) is -1.88. The molecular formula is C12H12BF3N2O2. The van der Waals surface area contributed by atoms with E-state index < -0.39 is 18.9 Å². The number of aromatic nitrogens is 2. The molecular weight excluding hydrogens is 272 g/mol. The zero-order valence-electron chi connectivity index (χ0n) is 10.5. The Morgan fingerprint density at radius 3 is 1.90 bits per heavy atom. The molecule has 1 heterocycles. The minimum Gasteiger partial charge on any atom is -0.423 e. The maximum atomic E-state index is 12.2. The van der Waals surface area contributed by atoms with Crippen LogP contribution in [0.25, 0.3) is 0 Å². The average molecular weight is 284 g/mol. The maximum absolute atomic E-state index is 12.2. The van der Waals surface area contributed by atoms with Crippen LogP contribution in [0.4, 0.5) is 13.2 Å². The SMILES string of the molecule is Cc1cc(B(O)O)cc(C(F)(F)F)c1.c1ccnnc1. The number of halogens is 3. The summed E-state index contributed by atoms with van der Waals surface area (Å²) < 4.78 is 36.7. The fourth-order valence-electron chi connectivity index (χ4n) is 1.38. The van der Waals surface area contributed by atoms with Crippen LogP contribution in [-0.4, -0.2) is 27.4 Å². The largest absolute Gasteiger partial charge is 0.488 e. The van der Waals surface area contributed by atoms with Crippen molar-refractivity contribution in [2.75, 3.05) is 0 Å². The zero-order valence-corrected chi connectivity index (χ0v) is 10.5. The average Bonchev–Trinajstić information content (AvgIpc) is 2.39. The van der Waals surface area contributed by atoms with Crippen molar-refractivity contribution < 1.29 is 23.2 Å². The van der Waals surface area contributed by atoms with Gasteiger partial charge in [0, 0.05) is 12.4 Å². The van der Waals surface area contributed by atoms with Crippen LogP contribution in [0.2, 0.25) is 0 Å². The fraction of sp³-hybridized carbons (Fsp3) is 0.167. The molecule has 0 aliphatic rings. The van der Waals surface area contributed by atoms with Crippen LogP contribution in [0.3, 0.4) is 0 Å². The van der Waals surface area contributed by atoms with Crippen molar-refractivity contribution in [3.05, 3.63) is 53.9 Å². The van der Waals surface area contributed by atoms with Gasteiger partial charge in [0.25, 0.3) is 0 Å². The van der Waals surface area contributed by atoms with Gasteiger partial charge in [0.05, 0.1) is 5.56 Å². The quantitative estimate of drug-likeness (QED) is 0.771. The maximum Gasteiger partial charge on any atom is 0.488 e. The van der Waals surface area contributed by atoms with Crippen LogP contribution < -0.4 is 5.46 Å². The first-order valence-corrected chi connectivity index (χ1v) is 5.57. The van der Waals surface area contributed by atoms with Crippen molar-refractivity contribution in [1.29, 1.82) is 0 Å². The van der Waals surface area contributed by atoms with Crippen molar-refractivity contribution >= 4 is 12.6 Å². The number of aryl methyl sites for hydroxylation is 1. The monoisotopic (exact) mass is 284 g/mol. The second-order valence-corrected chi connectivity index (χ2v) is 3.92. The molecule has 0 aliphatic carbocycles. The van der Waals surface area contributed by atoms with Gasteiger partial charge in [0.2, 0.25) is 0 Å². The van der Waals surface area contributed by atoms with E-state index in [2.05, 4.69) is 10.2 Å². The van der Waals surface area contributed by atoms with Gasteiger partial charge in [-0.25, -0.2) is 0 Å². The van der Waals surface area contributed by atoms with Crippen molar-refractivity contribution in [3.8, 4) is 0 Å². The Bertz CT molecular complexity index is 509. The zero-order chi connectivity index (χ0) is 15.2. The van der Waals surface area contributed by atoms with Gasteiger partial charge in [-0.1, -0.05) is 17.7 Å². The van der Waals surface area contributed by atoms with Gasteiger partial charge < -0.3 is 10.0 Å². The summed E-state index contributed by atoms with van der Waals surface area (Å²) in [5, 5.41) is 24.5. The highest BCUT2D eigenvalue weighted by Crippen LogP contribution is 2.28. The van der Waals surface area contributed by atoms with Gasteiger partial charge >= 0.3 is 13.3 Å². The topological polar surface area (TPSA) is 66.2 Å². The predicted octanol–water partition coefficient (Wildman–Crippen LogP) is 1.17. The molecule has 106 valence electrons. The lowest BCUT2D eigenvalue weighted by Gasteiger charge is -2.09. The number of hydrogen-bond donors (Lipinski definition) is 2. The minimum atomic E-state index is -4.46. The summed E-state index contributed by atoms with van der Waals surface area (Å²) in [5.41, 5.74) is -0.694. The third-order valence-electron chi connectivity index (χ3n) is 2.21. The first-order valence-electron chi connectivity index (χ1n) is 5.57. The van der Waals surface area contributed by atoms with E-state index in [0.717, 1.165) is 12.1 Å². The van der Waals surface area contributed by atoms with Crippen LogP contribution >= 0.6 is 0 Å². The lowest BCUT2D eigenvalue weighted by atomic mass is 9.78. The summed E-state index contributed by atoms with van der Waals surface area (Å²) in [5.74, 6) is 0. The lowest BCUT2D eigenvalue weighted by Crippen LogP contribution is -2.31. The van der Waals surface area contributed by atoms with Crippen LogP contribution in [0.5, 0.6) is 0 Å². The van der Waals surface area contributed by atoms with E-state index >= 15 is 0 Å². The molecule has 20 heavy (non-hydrogen) atoms. The molecule has 4 nitrogen and oxygen atoms in total. The van der Waals surface area contributed by atoms with E-state index in [1.807, 2.05) is 12.1 Å². The molecule has 8 heteroatoms. The molecule has 0 aliphatic heterocycles. The molecule has 0 atom stereocenters. The Morgan fingerprint density at radius 1 is 1.00 bits per heavy atom. The number of benzene rings is 1. The van der Waals surface area contributed by atoms with E-state index in [1.165, 1.54) is 13.0 Å². The molecule has 0 radical (unpaired) electrons. The van der Waals surface area contributed by atoms with Crippen LogP contribution in [0.15, 0.2) is 42.7 Å². The summed E-state index contributed by atoms with van der Waals surface area (Å²) >= 11 is 0. The smallest absolute Gasteiger partial charge is 0.423 e. The molecule has 2 aromatic rings. The molecule has 0 saturated heterocycles. The van der Waals surface area contributed by atoms with E-state index in [9.17, 15) is 13.2 Å². The summed E-state index contributed by atoms with van der Waals surface area (Å²) in [6.45, 7) is 1.46. The van der Waals surface area contributed by atoms with E-state index in [4.69, 9.17) is 10.0 Å². The molecule has 0 unspecified atom stereocenters. The van der Waals surface area contributed by atoms with Gasteiger partial charge in [-0.05, 0) is 30.6 Å². The number of hydrogen-bond acceptors (Lipinski definition) is 4. The molecule has 2 rings (SSSR count). The molecule has 0 bridgehead atoms. The van der Waals surface area contributed by atoms with Crippen LogP contribution in [0, 0.1) is 6.92 Å². The standard InChI is InChI=1S/C8H8BF3O2.C4H4N2/c1-5-2-6(8(10,11)12)4-7(3-5)9(13)14;1-2-4-6-5-3-1/h2-4,13-14H,1H3;1-4H. The Labute approximate surface area is 114 Å².